The van der Waals surface area contributed by atoms with Crippen molar-refractivity contribution in [2.75, 3.05) is 6.54 Å². The topological polar surface area (TPSA) is 67.2 Å². The number of carbonyl (C=O) groups is 1. The van der Waals surface area contributed by atoms with Crippen molar-refractivity contribution in [3.05, 3.63) is 77.9 Å². The van der Waals surface area contributed by atoms with Crippen molar-refractivity contribution in [2.45, 2.75) is 19.1 Å². The summed E-state index contributed by atoms with van der Waals surface area (Å²) >= 11 is 0. The van der Waals surface area contributed by atoms with Crippen LogP contribution in [0.2, 0.25) is 0 Å². The number of amides is 1. The summed E-state index contributed by atoms with van der Waals surface area (Å²) in [6.07, 6.45) is 3.98. The zero-order chi connectivity index (χ0) is 16.5. The van der Waals surface area contributed by atoms with Crippen molar-refractivity contribution in [3.8, 4) is 0 Å². The Balaban J connectivity index is 1.97. The molecule has 0 aliphatic carbocycles. The lowest BCUT2D eigenvalue weighted by Crippen LogP contribution is -2.45. The standard InChI is InChI=1S/C19H23N3O/c1-15(18(20)23)22-19(17-12-6-3-7-13-17)21-14-8-11-16-9-4-2-5-10-16/h2-13,15,19,21-22H,14H2,1H3,(H2,20,23). The molecule has 0 aromatic heterocycles. The molecule has 2 rings (SSSR count). The smallest absolute Gasteiger partial charge is 0.234 e. The normalized spacial score (nSPS) is 13.8. The fraction of sp³-hybridized carbons (Fsp3) is 0.211. The molecule has 4 nitrogen and oxygen atoms in total. The van der Waals surface area contributed by atoms with E-state index in [9.17, 15) is 4.79 Å². The third kappa shape index (κ3) is 5.70. The number of nitrogens with one attached hydrogen (secondary N) is 2. The Hall–Kier alpha value is -2.43. The van der Waals surface area contributed by atoms with E-state index in [1.54, 1.807) is 6.92 Å². The predicted molar refractivity (Wildman–Crippen MR) is 94.5 cm³/mol. The quantitative estimate of drug-likeness (QED) is 0.656. The van der Waals surface area contributed by atoms with Gasteiger partial charge in [0.25, 0.3) is 0 Å². The molecule has 0 saturated carbocycles. The van der Waals surface area contributed by atoms with Crippen molar-refractivity contribution < 1.29 is 4.79 Å². The zero-order valence-electron chi connectivity index (χ0n) is 13.3. The molecule has 0 saturated heterocycles. The molecular weight excluding hydrogens is 286 g/mol. The van der Waals surface area contributed by atoms with E-state index in [0.29, 0.717) is 6.54 Å². The van der Waals surface area contributed by atoms with Crippen LogP contribution in [-0.2, 0) is 4.79 Å². The van der Waals surface area contributed by atoms with Crippen LogP contribution in [0.1, 0.15) is 24.2 Å². The van der Waals surface area contributed by atoms with Gasteiger partial charge in [-0.3, -0.25) is 15.4 Å². The Labute approximate surface area is 137 Å². The zero-order valence-corrected chi connectivity index (χ0v) is 13.3. The van der Waals surface area contributed by atoms with Gasteiger partial charge in [-0.1, -0.05) is 72.8 Å². The van der Waals surface area contributed by atoms with Crippen LogP contribution >= 0.6 is 0 Å². The molecule has 4 N–H and O–H groups in total. The van der Waals surface area contributed by atoms with Crippen molar-refractivity contribution in [1.29, 1.82) is 0 Å². The highest BCUT2D eigenvalue weighted by Gasteiger charge is 2.16. The number of nitrogens with two attached hydrogens (primary N) is 1. The molecule has 0 heterocycles. The van der Waals surface area contributed by atoms with Crippen LogP contribution in [0.4, 0.5) is 0 Å². The molecule has 2 unspecified atom stereocenters. The van der Waals surface area contributed by atoms with Crippen LogP contribution < -0.4 is 16.4 Å². The van der Waals surface area contributed by atoms with E-state index in [1.165, 1.54) is 0 Å². The summed E-state index contributed by atoms with van der Waals surface area (Å²) in [5.74, 6) is -0.368. The van der Waals surface area contributed by atoms with E-state index in [0.717, 1.165) is 11.1 Å². The first-order valence-electron chi connectivity index (χ1n) is 7.72. The summed E-state index contributed by atoms with van der Waals surface area (Å²) in [5, 5.41) is 6.60. The fourth-order valence-electron chi connectivity index (χ4n) is 2.20. The minimum atomic E-state index is -0.411. The van der Waals surface area contributed by atoms with Crippen molar-refractivity contribution in [3.63, 3.8) is 0 Å². The van der Waals surface area contributed by atoms with E-state index in [2.05, 4.69) is 34.9 Å². The molecule has 120 valence electrons. The van der Waals surface area contributed by atoms with Gasteiger partial charge in [0, 0.05) is 6.54 Å². The van der Waals surface area contributed by atoms with Crippen LogP contribution in [0, 0.1) is 0 Å². The predicted octanol–water partition coefficient (Wildman–Crippen LogP) is 2.45. The van der Waals surface area contributed by atoms with Gasteiger partial charge in [-0.2, -0.15) is 0 Å². The van der Waals surface area contributed by atoms with Gasteiger partial charge < -0.3 is 5.73 Å². The molecule has 23 heavy (non-hydrogen) atoms. The summed E-state index contributed by atoms with van der Waals surface area (Å²) in [4.78, 5) is 11.3. The van der Waals surface area contributed by atoms with Crippen LogP contribution in [0.25, 0.3) is 6.08 Å². The summed E-state index contributed by atoms with van der Waals surface area (Å²) < 4.78 is 0. The first kappa shape index (κ1) is 16.9. The Bertz CT molecular complexity index is 626. The second-order valence-electron chi connectivity index (χ2n) is 5.36. The molecular formula is C19H23N3O. The van der Waals surface area contributed by atoms with Crippen LogP contribution in [-0.4, -0.2) is 18.5 Å². The number of hydrogen-bond donors (Lipinski definition) is 3. The Morgan fingerprint density at radius 1 is 1.09 bits per heavy atom. The summed E-state index contributed by atoms with van der Waals surface area (Å²) in [5.41, 5.74) is 7.57. The minimum absolute atomic E-state index is 0.140. The molecule has 0 radical (unpaired) electrons. The average Bonchev–Trinajstić information content (AvgIpc) is 2.59. The van der Waals surface area contributed by atoms with E-state index in [1.807, 2.05) is 48.5 Å². The first-order valence-corrected chi connectivity index (χ1v) is 7.72. The fourth-order valence-corrected chi connectivity index (χ4v) is 2.20. The molecule has 0 bridgehead atoms. The maximum Gasteiger partial charge on any atom is 0.234 e. The molecule has 0 aliphatic rings. The van der Waals surface area contributed by atoms with Crippen LogP contribution in [0.15, 0.2) is 66.7 Å². The van der Waals surface area contributed by atoms with E-state index in [4.69, 9.17) is 5.73 Å². The highest BCUT2D eigenvalue weighted by atomic mass is 16.1. The maximum atomic E-state index is 11.3. The van der Waals surface area contributed by atoms with Gasteiger partial charge in [-0.25, -0.2) is 0 Å². The van der Waals surface area contributed by atoms with Crippen molar-refractivity contribution >= 4 is 12.0 Å². The van der Waals surface area contributed by atoms with Crippen LogP contribution in [0.3, 0.4) is 0 Å². The van der Waals surface area contributed by atoms with Gasteiger partial charge in [-0.15, -0.1) is 0 Å². The lowest BCUT2D eigenvalue weighted by molar-refractivity contribution is -0.119. The molecule has 2 aromatic carbocycles. The number of benzene rings is 2. The minimum Gasteiger partial charge on any atom is -0.368 e. The molecule has 2 aromatic rings. The SMILES string of the molecule is CC(NC(NCC=Cc1ccccc1)c1ccccc1)C(N)=O. The molecule has 0 fully saturated rings. The number of carbonyl (C=O) groups excluding carboxylic acids is 1. The molecule has 0 aliphatic heterocycles. The molecule has 4 heteroatoms. The first-order chi connectivity index (χ1) is 11.2. The second-order valence-corrected chi connectivity index (χ2v) is 5.36. The number of hydrogen-bond acceptors (Lipinski definition) is 3. The van der Waals surface area contributed by atoms with Gasteiger partial charge in [0.1, 0.15) is 0 Å². The molecule has 1 amide bonds. The Morgan fingerprint density at radius 3 is 2.30 bits per heavy atom. The number of primary amides is 1. The maximum absolute atomic E-state index is 11.3. The second kappa shape index (κ2) is 8.88. The van der Waals surface area contributed by atoms with E-state index >= 15 is 0 Å². The van der Waals surface area contributed by atoms with Crippen LogP contribution in [0.5, 0.6) is 0 Å². The van der Waals surface area contributed by atoms with E-state index in [-0.39, 0.29) is 12.1 Å². The number of rotatable bonds is 8. The molecule has 0 spiro atoms. The Morgan fingerprint density at radius 2 is 1.70 bits per heavy atom. The van der Waals surface area contributed by atoms with Gasteiger partial charge in [0.15, 0.2) is 0 Å². The monoisotopic (exact) mass is 309 g/mol. The highest BCUT2D eigenvalue weighted by molar-refractivity contribution is 5.79. The average molecular weight is 309 g/mol. The van der Waals surface area contributed by atoms with Gasteiger partial charge in [0.05, 0.1) is 12.2 Å². The third-order valence-electron chi connectivity index (χ3n) is 3.53. The lowest BCUT2D eigenvalue weighted by atomic mass is 10.1. The highest BCUT2D eigenvalue weighted by Crippen LogP contribution is 2.10. The molecule has 2 atom stereocenters. The van der Waals surface area contributed by atoms with Gasteiger partial charge >= 0.3 is 0 Å². The van der Waals surface area contributed by atoms with Gasteiger partial charge in [-0.05, 0) is 18.1 Å². The lowest BCUT2D eigenvalue weighted by Gasteiger charge is -2.23. The largest absolute Gasteiger partial charge is 0.368 e. The summed E-state index contributed by atoms with van der Waals surface area (Å²) in [6, 6.07) is 19.7. The summed E-state index contributed by atoms with van der Waals surface area (Å²) in [6.45, 7) is 2.44. The Kier molecular flexibility index (Phi) is 6.54. The van der Waals surface area contributed by atoms with Crippen molar-refractivity contribution in [2.24, 2.45) is 5.73 Å². The van der Waals surface area contributed by atoms with Crippen molar-refractivity contribution in [1.82, 2.24) is 10.6 Å². The van der Waals surface area contributed by atoms with E-state index < -0.39 is 6.04 Å². The van der Waals surface area contributed by atoms with Gasteiger partial charge in [0.2, 0.25) is 5.91 Å². The third-order valence-corrected chi connectivity index (χ3v) is 3.53. The summed E-state index contributed by atoms with van der Waals surface area (Å²) in [7, 11) is 0.